The summed E-state index contributed by atoms with van der Waals surface area (Å²) in [7, 11) is 1.96. The molecule has 0 spiro atoms. The van der Waals surface area contributed by atoms with E-state index < -0.39 is 0 Å². The molecule has 7 heteroatoms. The van der Waals surface area contributed by atoms with E-state index >= 15 is 0 Å². The van der Waals surface area contributed by atoms with Crippen LogP contribution in [-0.4, -0.2) is 61.6 Å². The van der Waals surface area contributed by atoms with E-state index in [2.05, 4.69) is 20.1 Å². The number of aryl methyl sites for hydroxylation is 1. The van der Waals surface area contributed by atoms with E-state index in [-0.39, 0.29) is 5.91 Å². The van der Waals surface area contributed by atoms with Gasteiger partial charge in [-0.2, -0.15) is 5.10 Å². The first-order valence-corrected chi connectivity index (χ1v) is 7.13. The summed E-state index contributed by atoms with van der Waals surface area (Å²) >= 11 is 0. The van der Waals surface area contributed by atoms with E-state index in [1.807, 2.05) is 35.7 Å². The molecule has 0 aliphatic carbocycles. The third-order valence-corrected chi connectivity index (χ3v) is 4.11. The third-order valence-electron chi connectivity index (χ3n) is 4.11. The Labute approximate surface area is 123 Å². The highest BCUT2D eigenvalue weighted by atomic mass is 16.2. The van der Waals surface area contributed by atoms with Crippen LogP contribution in [0.4, 0.5) is 0 Å². The van der Waals surface area contributed by atoms with E-state index in [9.17, 15) is 4.79 Å². The second kappa shape index (κ2) is 5.69. The summed E-state index contributed by atoms with van der Waals surface area (Å²) in [6, 6.07) is 1.90. The molecule has 3 rings (SSSR count). The molecule has 3 heterocycles. The third kappa shape index (κ3) is 2.82. The molecule has 1 aliphatic heterocycles. The number of hydrogen-bond donors (Lipinski definition) is 1. The molecule has 0 unspecified atom stereocenters. The highest BCUT2D eigenvalue weighted by molar-refractivity contribution is 5.95. The maximum absolute atomic E-state index is 12.5. The molecule has 1 N–H and O–H groups in total. The normalized spacial score (nSPS) is 16.4. The maximum Gasteiger partial charge on any atom is 0.255 e. The Bertz CT molecular complexity index is 609. The molecule has 1 saturated heterocycles. The zero-order chi connectivity index (χ0) is 14.8. The summed E-state index contributed by atoms with van der Waals surface area (Å²) in [6.45, 7) is 5.96. The van der Waals surface area contributed by atoms with Crippen molar-refractivity contribution < 1.29 is 4.79 Å². The van der Waals surface area contributed by atoms with Crippen molar-refractivity contribution >= 4 is 5.91 Å². The topological polar surface area (TPSA) is 70.1 Å². The molecule has 1 fully saturated rings. The van der Waals surface area contributed by atoms with E-state index in [1.165, 1.54) is 6.33 Å². The lowest BCUT2D eigenvalue weighted by Gasteiger charge is -2.34. The number of nitrogens with one attached hydrogen (secondary N) is 1. The number of H-pyrrole nitrogens is 1. The molecule has 112 valence electrons. The molecule has 0 radical (unpaired) electrons. The highest BCUT2D eigenvalue weighted by Gasteiger charge is 2.24. The standard InChI is InChI=1S/C14H20N6O/c1-11-12(3-4-18(11)2)14(21)20-7-5-19(6-8-20)9-13-15-10-16-17-13/h3-4,10H,5-9H2,1-2H3,(H,15,16,17). The zero-order valence-corrected chi connectivity index (χ0v) is 12.4. The van der Waals surface area contributed by atoms with E-state index in [0.717, 1.165) is 49.8 Å². The predicted molar refractivity (Wildman–Crippen MR) is 77.7 cm³/mol. The average Bonchev–Trinajstić information content (AvgIpc) is 3.11. The quantitative estimate of drug-likeness (QED) is 0.888. The second-order valence-corrected chi connectivity index (χ2v) is 5.43. The Morgan fingerprint density at radius 2 is 2.10 bits per heavy atom. The van der Waals surface area contributed by atoms with E-state index in [4.69, 9.17) is 0 Å². The molecule has 7 nitrogen and oxygen atoms in total. The van der Waals surface area contributed by atoms with Crippen molar-refractivity contribution in [2.45, 2.75) is 13.5 Å². The molecular formula is C14H20N6O. The van der Waals surface area contributed by atoms with Crippen molar-refractivity contribution in [3.8, 4) is 0 Å². The smallest absolute Gasteiger partial charge is 0.255 e. The largest absolute Gasteiger partial charge is 0.354 e. The maximum atomic E-state index is 12.5. The van der Waals surface area contributed by atoms with Crippen molar-refractivity contribution in [3.05, 3.63) is 35.7 Å². The van der Waals surface area contributed by atoms with Crippen molar-refractivity contribution in [2.75, 3.05) is 26.2 Å². The molecule has 0 bridgehead atoms. The van der Waals surface area contributed by atoms with Gasteiger partial charge in [-0.25, -0.2) is 4.98 Å². The van der Waals surface area contributed by atoms with Crippen LogP contribution in [0.5, 0.6) is 0 Å². The summed E-state index contributed by atoms with van der Waals surface area (Å²) in [6.07, 6.45) is 3.45. The fraction of sp³-hybridized carbons (Fsp3) is 0.500. The van der Waals surface area contributed by atoms with Crippen molar-refractivity contribution in [3.63, 3.8) is 0 Å². The van der Waals surface area contributed by atoms with Crippen LogP contribution in [0.2, 0.25) is 0 Å². The Balaban J connectivity index is 1.58. The Morgan fingerprint density at radius 1 is 1.33 bits per heavy atom. The van der Waals surface area contributed by atoms with Gasteiger partial charge in [0.1, 0.15) is 12.2 Å². The number of rotatable bonds is 3. The van der Waals surface area contributed by atoms with Crippen LogP contribution in [-0.2, 0) is 13.6 Å². The minimum absolute atomic E-state index is 0.132. The minimum atomic E-state index is 0.132. The van der Waals surface area contributed by atoms with Gasteiger partial charge in [0.2, 0.25) is 0 Å². The fourth-order valence-corrected chi connectivity index (χ4v) is 2.63. The number of amides is 1. The van der Waals surface area contributed by atoms with Crippen LogP contribution in [0, 0.1) is 6.92 Å². The predicted octanol–water partition coefficient (Wildman–Crippen LogP) is 0.410. The zero-order valence-electron chi connectivity index (χ0n) is 12.4. The number of aromatic nitrogens is 4. The first kappa shape index (κ1) is 13.8. The fourth-order valence-electron chi connectivity index (χ4n) is 2.63. The molecule has 2 aromatic heterocycles. The second-order valence-electron chi connectivity index (χ2n) is 5.43. The van der Waals surface area contributed by atoms with Crippen LogP contribution in [0.25, 0.3) is 0 Å². The van der Waals surface area contributed by atoms with Crippen molar-refractivity contribution in [1.29, 1.82) is 0 Å². The molecular weight excluding hydrogens is 268 g/mol. The molecule has 0 saturated carbocycles. The van der Waals surface area contributed by atoms with Crippen LogP contribution in [0.1, 0.15) is 21.9 Å². The lowest BCUT2D eigenvalue weighted by Crippen LogP contribution is -2.48. The SMILES string of the molecule is Cc1c(C(=O)N2CCN(Cc3ncn[nH]3)CC2)ccn1C. The van der Waals surface area contributed by atoms with Crippen LogP contribution >= 0.6 is 0 Å². The number of carbonyl (C=O) groups is 1. The summed E-state index contributed by atoms with van der Waals surface area (Å²) in [5.74, 6) is 1.00. The first-order valence-electron chi connectivity index (χ1n) is 7.13. The van der Waals surface area contributed by atoms with Gasteiger partial charge in [-0.05, 0) is 13.0 Å². The monoisotopic (exact) mass is 288 g/mol. The highest BCUT2D eigenvalue weighted by Crippen LogP contribution is 2.14. The van der Waals surface area contributed by atoms with Gasteiger partial charge in [-0.1, -0.05) is 0 Å². The summed E-state index contributed by atoms with van der Waals surface area (Å²) < 4.78 is 1.98. The molecule has 2 aromatic rings. The van der Waals surface area contributed by atoms with Gasteiger partial charge in [0.05, 0.1) is 12.1 Å². The molecule has 0 aromatic carbocycles. The van der Waals surface area contributed by atoms with Gasteiger partial charge >= 0.3 is 0 Å². The van der Waals surface area contributed by atoms with Crippen LogP contribution in [0.3, 0.4) is 0 Å². The average molecular weight is 288 g/mol. The first-order chi connectivity index (χ1) is 10.1. The van der Waals surface area contributed by atoms with Gasteiger partial charge < -0.3 is 9.47 Å². The summed E-state index contributed by atoms with van der Waals surface area (Å²) in [4.78, 5) is 20.9. The van der Waals surface area contributed by atoms with Crippen LogP contribution in [0.15, 0.2) is 18.6 Å². The van der Waals surface area contributed by atoms with Crippen molar-refractivity contribution in [2.24, 2.45) is 7.05 Å². The number of piperazine rings is 1. The van der Waals surface area contributed by atoms with Crippen molar-refractivity contribution in [1.82, 2.24) is 29.5 Å². The molecule has 0 atom stereocenters. The number of nitrogens with zero attached hydrogens (tertiary/aromatic N) is 5. The Morgan fingerprint density at radius 3 is 2.67 bits per heavy atom. The van der Waals surface area contributed by atoms with Gasteiger partial charge in [-0.3, -0.25) is 14.8 Å². The Hall–Kier alpha value is -2.15. The number of carbonyl (C=O) groups excluding carboxylic acids is 1. The van der Waals surface area contributed by atoms with Gasteiger partial charge in [0.15, 0.2) is 0 Å². The molecule has 21 heavy (non-hydrogen) atoms. The molecule has 1 aliphatic rings. The Kier molecular flexibility index (Phi) is 3.74. The van der Waals surface area contributed by atoms with Gasteiger partial charge in [-0.15, -0.1) is 0 Å². The number of hydrogen-bond acceptors (Lipinski definition) is 4. The number of aromatic amines is 1. The van der Waals surface area contributed by atoms with Crippen LogP contribution < -0.4 is 0 Å². The lowest BCUT2D eigenvalue weighted by atomic mass is 10.2. The lowest BCUT2D eigenvalue weighted by molar-refractivity contribution is 0.0625. The van der Waals surface area contributed by atoms with E-state index in [1.54, 1.807) is 0 Å². The van der Waals surface area contributed by atoms with Gasteiger partial charge in [0, 0.05) is 45.1 Å². The summed E-state index contributed by atoms with van der Waals surface area (Å²) in [5, 5.41) is 6.72. The minimum Gasteiger partial charge on any atom is -0.354 e. The van der Waals surface area contributed by atoms with E-state index in [0.29, 0.717) is 0 Å². The summed E-state index contributed by atoms with van der Waals surface area (Å²) in [5.41, 5.74) is 1.82. The molecule has 1 amide bonds. The van der Waals surface area contributed by atoms with Gasteiger partial charge in [0.25, 0.3) is 5.91 Å².